The number of carboxylic acid groups (broad SMARTS) is 2. The molecule has 2 aromatic carbocycles. The minimum absolute atomic E-state index is 0.0253. The Kier molecular flexibility index (Phi) is 6.70. The molecule has 28 heavy (non-hydrogen) atoms. The Morgan fingerprint density at radius 1 is 0.750 bits per heavy atom. The highest BCUT2D eigenvalue weighted by atomic mass is 16.4. The van der Waals surface area contributed by atoms with E-state index in [4.69, 9.17) is 5.11 Å². The van der Waals surface area contributed by atoms with Gasteiger partial charge in [0.25, 0.3) is 0 Å². The first kappa shape index (κ1) is 20.9. The number of hydrogen-bond donors (Lipinski definition) is 6. The van der Waals surface area contributed by atoms with Crippen molar-refractivity contribution in [2.24, 2.45) is 11.8 Å². The lowest BCUT2D eigenvalue weighted by Gasteiger charge is -2.24. The Morgan fingerprint density at radius 3 is 1.68 bits per heavy atom. The van der Waals surface area contributed by atoms with Crippen LogP contribution in [0.25, 0.3) is 0 Å². The third kappa shape index (κ3) is 5.54. The Labute approximate surface area is 160 Å². The zero-order valence-electron chi connectivity index (χ0n) is 14.9. The number of benzene rings is 2. The molecular weight excluding hydrogens is 368 g/mol. The van der Waals surface area contributed by atoms with Crippen LogP contribution >= 0.6 is 0 Å². The van der Waals surface area contributed by atoms with E-state index in [1.807, 2.05) is 0 Å². The first-order valence-electron chi connectivity index (χ1n) is 8.63. The molecule has 0 saturated carbocycles. The van der Waals surface area contributed by atoms with Crippen molar-refractivity contribution in [3.8, 4) is 23.0 Å². The fourth-order valence-electron chi connectivity index (χ4n) is 3.16. The van der Waals surface area contributed by atoms with Crippen LogP contribution in [-0.4, -0.2) is 42.6 Å². The Morgan fingerprint density at radius 2 is 1.25 bits per heavy atom. The lowest BCUT2D eigenvalue weighted by Crippen LogP contribution is -2.28. The van der Waals surface area contributed by atoms with Crippen molar-refractivity contribution in [3.63, 3.8) is 0 Å². The third-order valence-electron chi connectivity index (χ3n) is 4.65. The molecule has 0 aliphatic heterocycles. The van der Waals surface area contributed by atoms with Crippen molar-refractivity contribution in [2.45, 2.75) is 25.7 Å². The molecule has 0 spiro atoms. The third-order valence-corrected chi connectivity index (χ3v) is 4.65. The maximum Gasteiger partial charge on any atom is 0.307 e. The van der Waals surface area contributed by atoms with Crippen molar-refractivity contribution in [2.75, 3.05) is 0 Å². The minimum atomic E-state index is -1.12. The normalized spacial score (nSPS) is 13.0. The van der Waals surface area contributed by atoms with Crippen LogP contribution in [0.1, 0.15) is 24.0 Å². The first-order chi connectivity index (χ1) is 13.2. The van der Waals surface area contributed by atoms with Crippen LogP contribution in [0.4, 0.5) is 0 Å². The predicted octanol–water partition coefficient (Wildman–Crippen LogP) is 2.48. The Hall–Kier alpha value is -3.42. The highest BCUT2D eigenvalue weighted by molar-refractivity contribution is 5.71. The standard InChI is InChI=1S/C20H22O8/c21-15-4-1-11(9-17(15)23)7-13(3-6-19(25)26)14(20(27)28)8-12-2-5-16(22)18(24)10-12/h1-2,4-5,9-10,13-14,21-24H,3,6-8H2,(H,25,26)(H,27,28)/t13-,14-/m0/s1. The monoisotopic (exact) mass is 390 g/mol. The van der Waals surface area contributed by atoms with Gasteiger partial charge in [0.15, 0.2) is 23.0 Å². The summed E-state index contributed by atoms with van der Waals surface area (Å²) in [5.41, 5.74) is 1.04. The van der Waals surface area contributed by atoms with Gasteiger partial charge in [-0.05, 0) is 60.6 Å². The van der Waals surface area contributed by atoms with Gasteiger partial charge in [0.05, 0.1) is 5.92 Å². The van der Waals surface area contributed by atoms with Crippen molar-refractivity contribution in [3.05, 3.63) is 47.5 Å². The molecule has 0 aromatic heterocycles. The molecule has 2 aromatic rings. The average molecular weight is 390 g/mol. The maximum atomic E-state index is 11.9. The summed E-state index contributed by atoms with van der Waals surface area (Å²) >= 11 is 0. The molecule has 0 bridgehead atoms. The maximum absolute atomic E-state index is 11.9. The highest BCUT2D eigenvalue weighted by Gasteiger charge is 2.29. The summed E-state index contributed by atoms with van der Waals surface area (Å²) in [5, 5.41) is 56.9. The number of hydrogen-bond acceptors (Lipinski definition) is 6. The fraction of sp³-hybridized carbons (Fsp3) is 0.300. The molecular formula is C20H22O8. The van der Waals surface area contributed by atoms with E-state index in [-0.39, 0.29) is 48.7 Å². The zero-order valence-corrected chi connectivity index (χ0v) is 14.9. The molecule has 8 heteroatoms. The lowest BCUT2D eigenvalue weighted by molar-refractivity contribution is -0.145. The van der Waals surface area contributed by atoms with E-state index in [0.29, 0.717) is 11.1 Å². The minimum Gasteiger partial charge on any atom is -0.504 e. The van der Waals surface area contributed by atoms with Crippen LogP contribution < -0.4 is 0 Å². The van der Waals surface area contributed by atoms with Gasteiger partial charge in [-0.1, -0.05) is 12.1 Å². The summed E-state index contributed by atoms with van der Waals surface area (Å²) in [6.45, 7) is 0. The number of carboxylic acids is 2. The van der Waals surface area contributed by atoms with Crippen molar-refractivity contribution >= 4 is 11.9 Å². The van der Waals surface area contributed by atoms with Crippen molar-refractivity contribution < 1.29 is 40.2 Å². The molecule has 8 nitrogen and oxygen atoms in total. The van der Waals surface area contributed by atoms with Gasteiger partial charge >= 0.3 is 11.9 Å². The largest absolute Gasteiger partial charge is 0.504 e. The summed E-state index contributed by atoms with van der Waals surface area (Å²) in [6, 6.07) is 8.15. The summed E-state index contributed by atoms with van der Waals surface area (Å²) in [5.74, 6) is -5.04. The Balaban J connectivity index is 2.29. The number of rotatable bonds is 9. The van der Waals surface area contributed by atoms with Gasteiger partial charge in [-0.25, -0.2) is 0 Å². The Bertz CT molecular complexity index is 861. The van der Waals surface area contributed by atoms with Crippen LogP contribution in [0.2, 0.25) is 0 Å². The van der Waals surface area contributed by atoms with E-state index in [0.717, 1.165) is 0 Å². The number of phenolic OH excluding ortho intramolecular Hbond substituents is 4. The van der Waals surface area contributed by atoms with E-state index in [2.05, 4.69) is 0 Å². The zero-order chi connectivity index (χ0) is 20.8. The lowest BCUT2D eigenvalue weighted by atomic mass is 9.80. The molecule has 0 fully saturated rings. The van der Waals surface area contributed by atoms with Crippen molar-refractivity contribution in [1.29, 1.82) is 0 Å². The van der Waals surface area contributed by atoms with Gasteiger partial charge < -0.3 is 30.6 Å². The molecule has 0 radical (unpaired) electrons. The topological polar surface area (TPSA) is 156 Å². The van der Waals surface area contributed by atoms with Crippen LogP contribution in [0.3, 0.4) is 0 Å². The molecule has 0 saturated heterocycles. The summed E-state index contributed by atoms with van der Waals surface area (Å²) in [7, 11) is 0. The number of carbonyl (C=O) groups is 2. The molecule has 0 heterocycles. The molecule has 0 aliphatic carbocycles. The first-order valence-corrected chi connectivity index (χ1v) is 8.63. The quantitative estimate of drug-likeness (QED) is 0.357. The van der Waals surface area contributed by atoms with E-state index in [1.165, 1.54) is 36.4 Å². The van der Waals surface area contributed by atoms with Gasteiger partial charge in [0.1, 0.15) is 0 Å². The predicted molar refractivity (Wildman–Crippen MR) is 98.4 cm³/mol. The van der Waals surface area contributed by atoms with Gasteiger partial charge in [-0.2, -0.15) is 0 Å². The van der Waals surface area contributed by atoms with E-state index >= 15 is 0 Å². The van der Waals surface area contributed by atoms with Crippen molar-refractivity contribution in [1.82, 2.24) is 0 Å². The van der Waals surface area contributed by atoms with Gasteiger partial charge in [-0.3, -0.25) is 9.59 Å². The van der Waals surface area contributed by atoms with Crippen LogP contribution in [0.5, 0.6) is 23.0 Å². The fourth-order valence-corrected chi connectivity index (χ4v) is 3.16. The SMILES string of the molecule is O=C(O)CC[C@@H](Cc1ccc(O)c(O)c1)[C@H](Cc1ccc(O)c(O)c1)C(=O)O. The molecule has 2 atom stereocenters. The summed E-state index contributed by atoms with van der Waals surface area (Å²) < 4.78 is 0. The summed E-state index contributed by atoms with van der Waals surface area (Å²) in [6.07, 6.45) is 0.0804. The summed E-state index contributed by atoms with van der Waals surface area (Å²) in [4.78, 5) is 22.9. The second-order valence-electron chi connectivity index (χ2n) is 6.69. The number of aromatic hydroxyl groups is 4. The molecule has 2 rings (SSSR count). The second-order valence-corrected chi connectivity index (χ2v) is 6.69. The molecule has 150 valence electrons. The molecule has 6 N–H and O–H groups in total. The van der Waals surface area contributed by atoms with Crippen LogP contribution in [0, 0.1) is 11.8 Å². The average Bonchev–Trinajstić information content (AvgIpc) is 2.62. The molecule has 0 amide bonds. The van der Waals surface area contributed by atoms with Gasteiger partial charge in [0.2, 0.25) is 0 Å². The van der Waals surface area contributed by atoms with Gasteiger partial charge in [0, 0.05) is 6.42 Å². The molecule has 0 aliphatic rings. The molecule has 0 unspecified atom stereocenters. The number of aliphatic carboxylic acids is 2. The number of phenols is 4. The smallest absolute Gasteiger partial charge is 0.307 e. The van der Waals surface area contributed by atoms with E-state index < -0.39 is 23.8 Å². The van der Waals surface area contributed by atoms with Crippen LogP contribution in [-0.2, 0) is 22.4 Å². The van der Waals surface area contributed by atoms with E-state index in [1.54, 1.807) is 0 Å². The van der Waals surface area contributed by atoms with Gasteiger partial charge in [-0.15, -0.1) is 0 Å². The van der Waals surface area contributed by atoms with E-state index in [9.17, 15) is 35.1 Å². The highest BCUT2D eigenvalue weighted by Crippen LogP contribution is 2.32. The second kappa shape index (κ2) is 8.98. The van der Waals surface area contributed by atoms with Crippen LogP contribution in [0.15, 0.2) is 36.4 Å².